The highest BCUT2D eigenvalue weighted by Crippen LogP contribution is 2.38. The second-order valence-electron chi connectivity index (χ2n) is 7.75. The zero-order valence-corrected chi connectivity index (χ0v) is 16.9. The third-order valence-corrected chi connectivity index (χ3v) is 9.27. The highest BCUT2D eigenvalue weighted by atomic mass is 28.4. The van der Waals surface area contributed by atoms with Crippen molar-refractivity contribution >= 4 is 14.2 Å². The third kappa shape index (κ3) is 6.63. The van der Waals surface area contributed by atoms with Crippen LogP contribution in [0.3, 0.4) is 0 Å². The van der Waals surface area contributed by atoms with Gasteiger partial charge in [0.1, 0.15) is 0 Å². The van der Waals surface area contributed by atoms with Crippen molar-refractivity contribution in [1.82, 2.24) is 5.06 Å². The first-order valence-corrected chi connectivity index (χ1v) is 10.9. The van der Waals surface area contributed by atoms with Crippen molar-refractivity contribution in [3.8, 4) is 0 Å². The minimum atomic E-state index is -1.79. The first-order valence-electron chi connectivity index (χ1n) is 7.95. The molecule has 0 aromatic carbocycles. The molecule has 1 amide bonds. The molecule has 0 aromatic heterocycles. The Balaban J connectivity index is 4.77. The standard InChI is InChI=1S/C17H35NO3Si/c1-13(2)15(12-16(19)18(7)20-8)11-14(3)21-22(9,10)17(4,5)6/h14-15H,1,11-12H2,2-10H3/t14?,15-/m1/s1. The van der Waals surface area contributed by atoms with Gasteiger partial charge in [0.05, 0.1) is 7.11 Å². The van der Waals surface area contributed by atoms with Gasteiger partial charge in [-0.3, -0.25) is 9.63 Å². The average molecular weight is 330 g/mol. The maximum atomic E-state index is 12.0. The van der Waals surface area contributed by atoms with Crippen molar-refractivity contribution in [2.45, 2.75) is 71.7 Å². The van der Waals surface area contributed by atoms with E-state index in [9.17, 15) is 4.79 Å². The molecule has 0 aromatic rings. The van der Waals surface area contributed by atoms with Crippen molar-refractivity contribution in [2.24, 2.45) is 5.92 Å². The van der Waals surface area contributed by atoms with Gasteiger partial charge >= 0.3 is 0 Å². The molecule has 5 heteroatoms. The summed E-state index contributed by atoms with van der Waals surface area (Å²) < 4.78 is 6.39. The van der Waals surface area contributed by atoms with Gasteiger partial charge in [0.2, 0.25) is 5.91 Å². The SMILES string of the molecule is C=C(C)[C@@H](CC(=O)N(C)OC)CC(C)O[Si](C)(C)C(C)(C)C. The second-order valence-corrected chi connectivity index (χ2v) is 12.5. The molecule has 2 atom stereocenters. The Morgan fingerprint density at radius 3 is 2.18 bits per heavy atom. The molecule has 130 valence electrons. The van der Waals surface area contributed by atoms with E-state index in [0.29, 0.717) is 6.42 Å². The highest BCUT2D eigenvalue weighted by molar-refractivity contribution is 6.74. The van der Waals surface area contributed by atoms with Crippen LogP contribution < -0.4 is 0 Å². The fraction of sp³-hybridized carbons (Fsp3) is 0.824. The van der Waals surface area contributed by atoms with Crippen LogP contribution in [0.4, 0.5) is 0 Å². The minimum absolute atomic E-state index is 0.0324. The Morgan fingerprint density at radius 1 is 1.32 bits per heavy atom. The number of nitrogens with zero attached hydrogens (tertiary/aromatic N) is 1. The molecular weight excluding hydrogens is 294 g/mol. The molecule has 0 aliphatic heterocycles. The molecule has 0 aliphatic carbocycles. The van der Waals surface area contributed by atoms with Crippen molar-refractivity contribution in [1.29, 1.82) is 0 Å². The monoisotopic (exact) mass is 329 g/mol. The van der Waals surface area contributed by atoms with Gasteiger partial charge in [0.25, 0.3) is 0 Å². The van der Waals surface area contributed by atoms with E-state index in [1.54, 1.807) is 7.05 Å². The summed E-state index contributed by atoms with van der Waals surface area (Å²) in [6.45, 7) is 19.3. The summed E-state index contributed by atoms with van der Waals surface area (Å²) in [6.07, 6.45) is 1.33. The zero-order chi connectivity index (χ0) is 17.7. The van der Waals surface area contributed by atoms with E-state index in [2.05, 4.69) is 47.4 Å². The van der Waals surface area contributed by atoms with Gasteiger partial charge in [-0.1, -0.05) is 32.9 Å². The number of hydroxylamine groups is 2. The fourth-order valence-electron chi connectivity index (χ4n) is 2.03. The Bertz CT molecular complexity index is 388. The first-order chi connectivity index (χ1) is 9.81. The zero-order valence-electron chi connectivity index (χ0n) is 15.9. The Labute approximate surface area is 137 Å². The number of carbonyl (C=O) groups is 1. The number of hydrogen-bond acceptors (Lipinski definition) is 3. The number of carbonyl (C=O) groups excluding carboxylic acids is 1. The van der Waals surface area contributed by atoms with Crippen molar-refractivity contribution in [2.75, 3.05) is 14.2 Å². The number of amides is 1. The van der Waals surface area contributed by atoms with Crippen LogP contribution in [0.25, 0.3) is 0 Å². The molecule has 0 bridgehead atoms. The molecule has 0 saturated carbocycles. The van der Waals surface area contributed by atoms with Crippen molar-refractivity contribution < 1.29 is 14.1 Å². The molecule has 0 radical (unpaired) electrons. The average Bonchev–Trinajstić information content (AvgIpc) is 2.34. The van der Waals surface area contributed by atoms with Crippen LogP contribution in [-0.4, -0.2) is 39.5 Å². The van der Waals surface area contributed by atoms with E-state index in [1.807, 2.05) is 6.92 Å². The van der Waals surface area contributed by atoms with E-state index >= 15 is 0 Å². The molecule has 0 fully saturated rings. The summed E-state index contributed by atoms with van der Waals surface area (Å²) >= 11 is 0. The van der Waals surface area contributed by atoms with Gasteiger partial charge in [-0.15, -0.1) is 0 Å². The molecule has 0 saturated heterocycles. The van der Waals surface area contributed by atoms with Gasteiger partial charge in [0.15, 0.2) is 8.32 Å². The van der Waals surface area contributed by atoms with E-state index in [1.165, 1.54) is 12.2 Å². The van der Waals surface area contributed by atoms with Crippen LogP contribution in [-0.2, 0) is 14.1 Å². The maximum Gasteiger partial charge on any atom is 0.246 e. The predicted molar refractivity (Wildman–Crippen MR) is 95.1 cm³/mol. The number of hydrogen-bond donors (Lipinski definition) is 0. The molecule has 0 heterocycles. The Hall–Kier alpha value is -0.653. The van der Waals surface area contributed by atoms with Crippen LogP contribution in [0.5, 0.6) is 0 Å². The van der Waals surface area contributed by atoms with E-state index in [4.69, 9.17) is 9.26 Å². The van der Waals surface area contributed by atoms with Crippen LogP contribution in [0.1, 0.15) is 47.5 Å². The van der Waals surface area contributed by atoms with Crippen LogP contribution in [0.2, 0.25) is 18.1 Å². The molecule has 1 unspecified atom stereocenters. The highest BCUT2D eigenvalue weighted by Gasteiger charge is 2.38. The summed E-state index contributed by atoms with van der Waals surface area (Å²) in [6, 6.07) is 0. The van der Waals surface area contributed by atoms with Gasteiger partial charge in [0, 0.05) is 19.6 Å². The normalized spacial score (nSPS) is 15.3. The first kappa shape index (κ1) is 21.3. The van der Waals surface area contributed by atoms with Crippen LogP contribution >= 0.6 is 0 Å². The quantitative estimate of drug-likeness (QED) is 0.376. The van der Waals surface area contributed by atoms with Crippen LogP contribution in [0, 0.1) is 5.92 Å². The van der Waals surface area contributed by atoms with E-state index < -0.39 is 8.32 Å². The maximum absolute atomic E-state index is 12.0. The van der Waals surface area contributed by atoms with Crippen molar-refractivity contribution in [3.05, 3.63) is 12.2 Å². The lowest BCUT2D eigenvalue weighted by Crippen LogP contribution is -2.43. The van der Waals surface area contributed by atoms with E-state index in [0.717, 1.165) is 12.0 Å². The number of allylic oxidation sites excluding steroid dienone is 1. The molecule has 0 aliphatic rings. The minimum Gasteiger partial charge on any atom is -0.414 e. The van der Waals surface area contributed by atoms with Crippen LogP contribution in [0.15, 0.2) is 12.2 Å². The van der Waals surface area contributed by atoms with Gasteiger partial charge < -0.3 is 4.43 Å². The predicted octanol–water partition coefficient (Wildman–Crippen LogP) is 4.39. The lowest BCUT2D eigenvalue weighted by atomic mass is 9.92. The summed E-state index contributed by atoms with van der Waals surface area (Å²) in [5.41, 5.74) is 1.02. The van der Waals surface area contributed by atoms with Crippen molar-refractivity contribution in [3.63, 3.8) is 0 Å². The third-order valence-electron chi connectivity index (χ3n) is 4.66. The van der Waals surface area contributed by atoms with Gasteiger partial charge in [-0.2, -0.15) is 0 Å². The molecule has 0 spiro atoms. The van der Waals surface area contributed by atoms with Gasteiger partial charge in [-0.05, 0) is 44.3 Å². The molecular formula is C17H35NO3Si. The molecule has 0 N–H and O–H groups in total. The summed E-state index contributed by atoms with van der Waals surface area (Å²) in [4.78, 5) is 17.0. The summed E-state index contributed by atoms with van der Waals surface area (Å²) in [5, 5.41) is 1.46. The molecule has 22 heavy (non-hydrogen) atoms. The fourth-order valence-corrected chi connectivity index (χ4v) is 3.48. The Morgan fingerprint density at radius 2 is 1.82 bits per heavy atom. The lowest BCUT2D eigenvalue weighted by Gasteiger charge is -2.39. The Kier molecular flexibility index (Phi) is 8.02. The smallest absolute Gasteiger partial charge is 0.246 e. The topological polar surface area (TPSA) is 38.8 Å². The molecule has 0 rings (SSSR count). The second kappa shape index (κ2) is 8.27. The summed E-state index contributed by atoms with van der Waals surface area (Å²) in [5.74, 6) is 0.0832. The molecule has 4 nitrogen and oxygen atoms in total. The largest absolute Gasteiger partial charge is 0.414 e. The summed E-state index contributed by atoms with van der Waals surface area (Å²) in [7, 11) is 1.34. The lowest BCUT2D eigenvalue weighted by molar-refractivity contribution is -0.169. The van der Waals surface area contributed by atoms with E-state index in [-0.39, 0.29) is 23.0 Å². The van der Waals surface area contributed by atoms with Gasteiger partial charge in [-0.25, -0.2) is 5.06 Å². The number of rotatable bonds is 8.